The summed E-state index contributed by atoms with van der Waals surface area (Å²) in [5.41, 5.74) is 8.76. The van der Waals surface area contributed by atoms with E-state index in [2.05, 4.69) is 34.4 Å². The third-order valence-corrected chi connectivity index (χ3v) is 7.39. The van der Waals surface area contributed by atoms with Crippen molar-refractivity contribution >= 4 is 22.8 Å². The second-order valence-electron chi connectivity index (χ2n) is 10.7. The molecule has 2 aromatic heterocycles. The van der Waals surface area contributed by atoms with Crippen molar-refractivity contribution in [1.29, 1.82) is 0 Å². The molecule has 1 aliphatic rings. The zero-order valence-electron chi connectivity index (χ0n) is 22.8. The molecule has 9 heteroatoms. The van der Waals surface area contributed by atoms with Gasteiger partial charge in [-0.15, -0.1) is 0 Å². The molecule has 1 saturated carbocycles. The molecule has 1 aliphatic carbocycles. The lowest BCUT2D eigenvalue weighted by Gasteiger charge is -2.30. The number of nitrogens with two attached hydrogens (primary N) is 1. The van der Waals surface area contributed by atoms with Crippen molar-refractivity contribution < 1.29 is 9.53 Å². The molecule has 4 aromatic rings. The van der Waals surface area contributed by atoms with Crippen molar-refractivity contribution in [2.75, 3.05) is 12.8 Å². The van der Waals surface area contributed by atoms with Gasteiger partial charge in [0, 0.05) is 11.6 Å². The van der Waals surface area contributed by atoms with E-state index in [0.717, 1.165) is 65.9 Å². The molecule has 2 heterocycles. The van der Waals surface area contributed by atoms with Crippen LogP contribution < -0.4 is 21.1 Å². The van der Waals surface area contributed by atoms with Crippen LogP contribution in [-0.4, -0.2) is 44.8 Å². The van der Waals surface area contributed by atoms with E-state index in [-0.39, 0.29) is 24.0 Å². The van der Waals surface area contributed by atoms with Gasteiger partial charge in [0.05, 0.1) is 17.5 Å². The molecule has 0 bridgehead atoms. The number of benzene rings is 2. The standard InChI is InChI=1S/C30H37N7O2/c1-19(2)17-25(32-3)30(38)35-21-11-13-22(14-12-21)37-29-26(28(31)33-18-34-29)27(36-37)20-9-15-24(16-10-20)39-23-7-5-4-6-8-23/h4-10,15-16,18-19,21-22,25,32H,11-14,17H2,1-3H3,(H,35,38)(H2,31,33,34)/t21-,22+,25?. The van der Waals surface area contributed by atoms with E-state index in [9.17, 15) is 4.79 Å². The topological polar surface area (TPSA) is 120 Å². The Balaban J connectivity index is 1.32. The Morgan fingerprint density at radius 3 is 2.38 bits per heavy atom. The molecule has 5 rings (SSSR count). The van der Waals surface area contributed by atoms with Crippen molar-refractivity contribution in [3.8, 4) is 22.8 Å². The SMILES string of the molecule is CNC(CC(C)C)C(=O)N[C@H]1CC[C@@H](n2nc(-c3ccc(Oc4ccccc4)cc3)c3c(N)ncnc32)CC1. The predicted octanol–water partition coefficient (Wildman–Crippen LogP) is 5.10. The molecule has 0 radical (unpaired) electrons. The van der Waals surface area contributed by atoms with E-state index in [0.29, 0.717) is 11.7 Å². The van der Waals surface area contributed by atoms with Gasteiger partial charge in [-0.1, -0.05) is 32.0 Å². The number of aromatic nitrogens is 4. The van der Waals surface area contributed by atoms with E-state index in [4.69, 9.17) is 15.6 Å². The summed E-state index contributed by atoms with van der Waals surface area (Å²) in [4.78, 5) is 21.6. The van der Waals surface area contributed by atoms with Gasteiger partial charge in [-0.2, -0.15) is 5.10 Å². The molecule has 39 heavy (non-hydrogen) atoms. The van der Waals surface area contributed by atoms with E-state index in [1.54, 1.807) is 0 Å². The number of carbonyl (C=O) groups excluding carboxylic acids is 1. The minimum absolute atomic E-state index is 0.0849. The van der Waals surface area contributed by atoms with Crippen LogP contribution in [0.5, 0.6) is 11.5 Å². The van der Waals surface area contributed by atoms with Crippen LogP contribution >= 0.6 is 0 Å². The van der Waals surface area contributed by atoms with Crippen LogP contribution in [0.15, 0.2) is 60.9 Å². The summed E-state index contributed by atoms with van der Waals surface area (Å²) in [6.07, 6.45) is 5.87. The molecule has 0 saturated heterocycles. The van der Waals surface area contributed by atoms with Gasteiger partial charge in [-0.05, 0) is 81.5 Å². The molecule has 204 valence electrons. The number of fused-ring (bicyclic) bond motifs is 1. The number of nitrogens with one attached hydrogen (secondary N) is 2. The molecule has 1 atom stereocenters. The van der Waals surface area contributed by atoms with Gasteiger partial charge in [0.15, 0.2) is 5.65 Å². The molecular weight excluding hydrogens is 490 g/mol. The Morgan fingerprint density at radius 1 is 1.03 bits per heavy atom. The maximum absolute atomic E-state index is 12.8. The van der Waals surface area contributed by atoms with Gasteiger partial charge >= 0.3 is 0 Å². The van der Waals surface area contributed by atoms with Crippen LogP contribution in [0.1, 0.15) is 52.0 Å². The summed E-state index contributed by atoms with van der Waals surface area (Å²) in [6, 6.07) is 17.7. The highest BCUT2D eigenvalue weighted by molar-refractivity contribution is 5.98. The Labute approximate surface area is 229 Å². The Kier molecular flexibility index (Phi) is 8.07. The number of nitrogen functional groups attached to an aromatic ring is 1. The van der Waals surface area contributed by atoms with Gasteiger partial charge in [0.1, 0.15) is 29.3 Å². The zero-order valence-corrected chi connectivity index (χ0v) is 22.8. The Morgan fingerprint density at radius 2 is 1.72 bits per heavy atom. The highest BCUT2D eigenvalue weighted by Crippen LogP contribution is 2.36. The number of nitrogens with zero attached hydrogens (tertiary/aromatic N) is 4. The molecule has 0 aliphatic heterocycles. The minimum atomic E-state index is -0.163. The first kappa shape index (κ1) is 26.6. The monoisotopic (exact) mass is 527 g/mol. The van der Waals surface area contributed by atoms with Crippen molar-refractivity contribution in [2.24, 2.45) is 5.92 Å². The molecule has 4 N–H and O–H groups in total. The van der Waals surface area contributed by atoms with Crippen molar-refractivity contribution in [1.82, 2.24) is 30.4 Å². The summed E-state index contributed by atoms with van der Waals surface area (Å²) >= 11 is 0. The first-order valence-corrected chi connectivity index (χ1v) is 13.7. The summed E-state index contributed by atoms with van der Waals surface area (Å²) in [5.74, 6) is 2.47. The second-order valence-corrected chi connectivity index (χ2v) is 10.7. The molecule has 2 aromatic carbocycles. The van der Waals surface area contributed by atoms with Gasteiger partial charge < -0.3 is 21.1 Å². The molecule has 9 nitrogen and oxygen atoms in total. The van der Waals surface area contributed by atoms with Crippen LogP contribution in [0.2, 0.25) is 0 Å². The molecule has 1 unspecified atom stereocenters. The smallest absolute Gasteiger partial charge is 0.237 e. The number of likely N-dealkylation sites (N-methyl/N-ethyl adjacent to an activating group) is 1. The summed E-state index contributed by atoms with van der Waals surface area (Å²) in [6.45, 7) is 4.27. The fourth-order valence-corrected chi connectivity index (χ4v) is 5.35. The number of carbonyl (C=O) groups is 1. The lowest BCUT2D eigenvalue weighted by molar-refractivity contribution is -0.124. The molecule has 1 amide bonds. The van der Waals surface area contributed by atoms with E-state index < -0.39 is 0 Å². The number of rotatable bonds is 9. The van der Waals surface area contributed by atoms with Crippen LogP contribution in [0, 0.1) is 5.92 Å². The van der Waals surface area contributed by atoms with E-state index >= 15 is 0 Å². The van der Waals surface area contributed by atoms with Gasteiger partial charge in [0.2, 0.25) is 5.91 Å². The summed E-state index contributed by atoms with van der Waals surface area (Å²) in [7, 11) is 1.85. The average Bonchev–Trinajstić information content (AvgIpc) is 3.34. The van der Waals surface area contributed by atoms with Crippen molar-refractivity contribution in [2.45, 2.75) is 64.1 Å². The largest absolute Gasteiger partial charge is 0.457 e. The maximum atomic E-state index is 12.8. The summed E-state index contributed by atoms with van der Waals surface area (Å²) in [5, 5.41) is 12.2. The van der Waals surface area contributed by atoms with Gasteiger partial charge in [-0.3, -0.25) is 4.79 Å². The van der Waals surface area contributed by atoms with E-state index in [1.165, 1.54) is 6.33 Å². The second kappa shape index (κ2) is 11.8. The lowest BCUT2D eigenvalue weighted by atomic mass is 9.90. The minimum Gasteiger partial charge on any atom is -0.457 e. The maximum Gasteiger partial charge on any atom is 0.237 e. The fraction of sp³-hybridized carbons (Fsp3) is 0.400. The quantitative estimate of drug-likeness (QED) is 0.277. The lowest BCUT2D eigenvalue weighted by Crippen LogP contribution is -2.48. The van der Waals surface area contributed by atoms with Crippen molar-refractivity contribution in [3.05, 3.63) is 60.9 Å². The van der Waals surface area contributed by atoms with Gasteiger partial charge in [-0.25, -0.2) is 14.6 Å². The average molecular weight is 528 g/mol. The fourth-order valence-electron chi connectivity index (χ4n) is 5.35. The van der Waals surface area contributed by atoms with Gasteiger partial charge in [0.25, 0.3) is 0 Å². The molecule has 0 spiro atoms. The number of ether oxygens (including phenoxy) is 1. The third kappa shape index (κ3) is 6.04. The molecule has 1 fully saturated rings. The predicted molar refractivity (Wildman–Crippen MR) is 153 cm³/mol. The van der Waals surface area contributed by atoms with Crippen LogP contribution in [0.25, 0.3) is 22.3 Å². The van der Waals surface area contributed by atoms with Crippen LogP contribution in [0.4, 0.5) is 5.82 Å². The Bertz CT molecular complexity index is 1390. The number of hydrogen-bond donors (Lipinski definition) is 3. The third-order valence-electron chi connectivity index (χ3n) is 7.39. The first-order chi connectivity index (χ1) is 18.9. The van der Waals surface area contributed by atoms with Crippen LogP contribution in [0.3, 0.4) is 0 Å². The normalized spacial score (nSPS) is 18.3. The number of anilines is 1. The zero-order chi connectivity index (χ0) is 27.4. The first-order valence-electron chi connectivity index (χ1n) is 13.7. The summed E-state index contributed by atoms with van der Waals surface area (Å²) < 4.78 is 7.95. The van der Waals surface area contributed by atoms with Crippen molar-refractivity contribution in [3.63, 3.8) is 0 Å². The molecular formula is C30H37N7O2. The van der Waals surface area contributed by atoms with Crippen LogP contribution in [-0.2, 0) is 4.79 Å². The highest BCUT2D eigenvalue weighted by Gasteiger charge is 2.29. The number of para-hydroxylation sites is 1. The van der Waals surface area contributed by atoms with E-state index in [1.807, 2.05) is 66.3 Å². The Hall–Kier alpha value is -3.98. The number of hydrogen-bond acceptors (Lipinski definition) is 7. The number of amides is 1. The highest BCUT2D eigenvalue weighted by atomic mass is 16.5.